The molecule has 0 fully saturated rings. The van der Waals surface area contributed by atoms with Crippen molar-refractivity contribution in [2.45, 2.75) is 17.9 Å². The fourth-order valence-electron chi connectivity index (χ4n) is 2.48. The molecule has 2 aromatic rings. The molecule has 1 aromatic heterocycles. The number of aryl methyl sites for hydroxylation is 1. The number of benzene rings is 1. The largest absolute Gasteiger partial charge is 0.491 e. The van der Waals surface area contributed by atoms with Gasteiger partial charge in [-0.05, 0) is 56.2 Å². The van der Waals surface area contributed by atoms with Gasteiger partial charge in [0.05, 0.1) is 17.5 Å². The Labute approximate surface area is 159 Å². The summed E-state index contributed by atoms with van der Waals surface area (Å²) in [5.41, 5.74) is 0.770. The predicted molar refractivity (Wildman–Crippen MR) is 104 cm³/mol. The standard InChI is InChI=1S/C18H26N2O4S2/c1-14-12-15(7-8-17(14)24-10-9-23-4)26(21,22)19-13-16(20(2)3)18-6-5-11-25-18/h5-8,11-12,16,19H,9-10,13H2,1-4H3/t16-/m0/s1. The summed E-state index contributed by atoms with van der Waals surface area (Å²) in [5.74, 6) is 0.658. The zero-order chi connectivity index (χ0) is 19.2. The fraction of sp³-hybridized carbons (Fsp3) is 0.444. The highest BCUT2D eigenvalue weighted by Gasteiger charge is 2.21. The van der Waals surface area contributed by atoms with Crippen LogP contribution in [-0.2, 0) is 14.8 Å². The number of rotatable bonds is 10. The number of nitrogens with zero attached hydrogens (tertiary/aromatic N) is 1. The molecule has 26 heavy (non-hydrogen) atoms. The van der Waals surface area contributed by atoms with Crippen LogP contribution in [0, 0.1) is 6.92 Å². The lowest BCUT2D eigenvalue weighted by molar-refractivity contribution is 0.146. The third-order valence-electron chi connectivity index (χ3n) is 3.96. The first-order valence-corrected chi connectivity index (χ1v) is 10.6. The van der Waals surface area contributed by atoms with Crippen molar-refractivity contribution in [1.82, 2.24) is 9.62 Å². The maximum absolute atomic E-state index is 12.7. The SMILES string of the molecule is COCCOc1ccc(S(=O)(=O)NC[C@@H](c2cccs2)N(C)C)cc1C. The summed E-state index contributed by atoms with van der Waals surface area (Å²) in [4.78, 5) is 3.36. The number of nitrogens with one attached hydrogen (secondary N) is 1. The van der Waals surface area contributed by atoms with Crippen LogP contribution < -0.4 is 9.46 Å². The molecular weight excluding hydrogens is 372 g/mol. The van der Waals surface area contributed by atoms with Crippen LogP contribution >= 0.6 is 11.3 Å². The Kier molecular flexibility index (Phi) is 7.60. The first-order valence-electron chi connectivity index (χ1n) is 8.27. The van der Waals surface area contributed by atoms with Gasteiger partial charge in [0.1, 0.15) is 12.4 Å². The smallest absolute Gasteiger partial charge is 0.240 e. The molecule has 144 valence electrons. The highest BCUT2D eigenvalue weighted by atomic mass is 32.2. The molecule has 0 aliphatic rings. The number of hydrogen-bond donors (Lipinski definition) is 1. The second kappa shape index (κ2) is 9.48. The van der Waals surface area contributed by atoms with Crippen molar-refractivity contribution in [3.8, 4) is 5.75 Å². The van der Waals surface area contributed by atoms with Gasteiger partial charge < -0.3 is 14.4 Å². The van der Waals surface area contributed by atoms with Crippen LogP contribution in [0.25, 0.3) is 0 Å². The second-order valence-corrected chi connectivity index (χ2v) is 8.86. The van der Waals surface area contributed by atoms with Crippen LogP contribution in [0.5, 0.6) is 5.75 Å². The average molecular weight is 399 g/mol. The number of thiophene rings is 1. The van der Waals surface area contributed by atoms with E-state index in [0.717, 1.165) is 10.4 Å². The predicted octanol–water partition coefficient (Wildman–Crippen LogP) is 2.66. The molecule has 0 aliphatic heterocycles. The van der Waals surface area contributed by atoms with Gasteiger partial charge in [0.2, 0.25) is 10.0 Å². The van der Waals surface area contributed by atoms with Crippen LogP contribution in [0.1, 0.15) is 16.5 Å². The number of methoxy groups -OCH3 is 1. The maximum Gasteiger partial charge on any atom is 0.240 e. The van der Waals surface area contributed by atoms with E-state index in [1.165, 1.54) is 0 Å². The number of likely N-dealkylation sites (N-methyl/N-ethyl adjacent to an activating group) is 1. The van der Waals surface area contributed by atoms with Crippen molar-refractivity contribution in [1.29, 1.82) is 0 Å². The third kappa shape index (κ3) is 5.52. The summed E-state index contributed by atoms with van der Waals surface area (Å²) in [6.07, 6.45) is 0. The van der Waals surface area contributed by atoms with E-state index in [-0.39, 0.29) is 10.9 Å². The minimum atomic E-state index is -3.60. The van der Waals surface area contributed by atoms with Crippen molar-refractivity contribution < 1.29 is 17.9 Å². The van der Waals surface area contributed by atoms with Crippen molar-refractivity contribution in [2.75, 3.05) is 41.0 Å². The monoisotopic (exact) mass is 398 g/mol. The molecule has 1 atom stereocenters. The molecule has 1 heterocycles. The lowest BCUT2D eigenvalue weighted by Crippen LogP contribution is -2.34. The van der Waals surface area contributed by atoms with Crippen LogP contribution in [0.4, 0.5) is 0 Å². The Morgan fingerprint density at radius 3 is 2.58 bits per heavy atom. The first-order chi connectivity index (χ1) is 12.3. The first kappa shape index (κ1) is 20.9. The molecule has 0 unspecified atom stereocenters. The third-order valence-corrected chi connectivity index (χ3v) is 6.36. The zero-order valence-electron chi connectivity index (χ0n) is 15.6. The van der Waals surface area contributed by atoms with Gasteiger partial charge in [-0.25, -0.2) is 13.1 Å². The van der Waals surface area contributed by atoms with Gasteiger partial charge >= 0.3 is 0 Å². The quantitative estimate of drug-likeness (QED) is 0.623. The van der Waals surface area contributed by atoms with Crippen LogP contribution in [0.15, 0.2) is 40.6 Å². The van der Waals surface area contributed by atoms with Crippen LogP contribution in [-0.4, -0.2) is 54.3 Å². The van der Waals surface area contributed by atoms with E-state index in [2.05, 4.69) is 4.72 Å². The maximum atomic E-state index is 12.7. The van der Waals surface area contributed by atoms with E-state index in [1.54, 1.807) is 36.6 Å². The highest BCUT2D eigenvalue weighted by molar-refractivity contribution is 7.89. The molecule has 0 amide bonds. The average Bonchev–Trinajstić information content (AvgIpc) is 3.10. The molecule has 6 nitrogen and oxygen atoms in total. The number of sulfonamides is 1. The summed E-state index contributed by atoms with van der Waals surface area (Å²) in [7, 11) is 1.89. The lowest BCUT2D eigenvalue weighted by atomic mass is 10.2. The van der Waals surface area contributed by atoms with E-state index < -0.39 is 10.0 Å². The molecule has 0 bridgehead atoms. The van der Waals surface area contributed by atoms with Gasteiger partial charge in [0.15, 0.2) is 0 Å². The zero-order valence-corrected chi connectivity index (χ0v) is 17.2. The molecule has 2 rings (SSSR count). The molecule has 1 aromatic carbocycles. The molecule has 0 spiro atoms. The van der Waals surface area contributed by atoms with E-state index >= 15 is 0 Å². The number of hydrogen-bond acceptors (Lipinski definition) is 6. The summed E-state index contributed by atoms with van der Waals surface area (Å²) in [5, 5.41) is 1.99. The minimum Gasteiger partial charge on any atom is -0.491 e. The minimum absolute atomic E-state index is 0.0116. The Hall–Kier alpha value is -1.45. The van der Waals surface area contributed by atoms with Gasteiger partial charge in [0.25, 0.3) is 0 Å². The van der Waals surface area contributed by atoms with Crippen molar-refractivity contribution in [2.24, 2.45) is 0 Å². The van der Waals surface area contributed by atoms with E-state index in [9.17, 15) is 8.42 Å². The molecule has 0 radical (unpaired) electrons. The number of ether oxygens (including phenoxy) is 2. The molecule has 0 aliphatic carbocycles. The van der Waals surface area contributed by atoms with Crippen molar-refractivity contribution in [3.05, 3.63) is 46.2 Å². The van der Waals surface area contributed by atoms with E-state index in [4.69, 9.17) is 9.47 Å². The topological polar surface area (TPSA) is 67.9 Å². The highest BCUT2D eigenvalue weighted by Crippen LogP contribution is 2.24. The molecule has 0 saturated carbocycles. The van der Waals surface area contributed by atoms with E-state index in [0.29, 0.717) is 25.5 Å². The molecular formula is C18H26N2O4S2. The normalized spacial score (nSPS) is 13.1. The second-order valence-electron chi connectivity index (χ2n) is 6.12. The van der Waals surface area contributed by atoms with Crippen molar-refractivity contribution >= 4 is 21.4 Å². The fourth-order valence-corrected chi connectivity index (χ4v) is 4.52. The van der Waals surface area contributed by atoms with E-state index in [1.807, 2.05) is 43.4 Å². The van der Waals surface area contributed by atoms with Crippen LogP contribution in [0.3, 0.4) is 0 Å². The van der Waals surface area contributed by atoms with Gasteiger partial charge in [-0.1, -0.05) is 6.07 Å². The van der Waals surface area contributed by atoms with Crippen molar-refractivity contribution in [3.63, 3.8) is 0 Å². The Morgan fingerprint density at radius 2 is 2.00 bits per heavy atom. The van der Waals surface area contributed by atoms with Gasteiger partial charge in [-0.3, -0.25) is 0 Å². The van der Waals surface area contributed by atoms with Gasteiger partial charge in [-0.2, -0.15) is 0 Å². The summed E-state index contributed by atoms with van der Waals surface area (Å²) in [6, 6.07) is 8.84. The summed E-state index contributed by atoms with van der Waals surface area (Å²) in [6.45, 7) is 3.04. The van der Waals surface area contributed by atoms with Gasteiger partial charge in [-0.15, -0.1) is 11.3 Å². The molecule has 8 heteroatoms. The Morgan fingerprint density at radius 1 is 1.23 bits per heavy atom. The Bertz CT molecular complexity index is 790. The van der Waals surface area contributed by atoms with Crippen LogP contribution in [0.2, 0.25) is 0 Å². The Balaban J connectivity index is 2.08. The van der Waals surface area contributed by atoms with Gasteiger partial charge in [0, 0.05) is 18.5 Å². The summed E-state index contributed by atoms with van der Waals surface area (Å²) >= 11 is 1.62. The molecule has 1 N–H and O–H groups in total. The summed E-state index contributed by atoms with van der Waals surface area (Å²) < 4.78 is 38.6. The lowest BCUT2D eigenvalue weighted by Gasteiger charge is -2.23. The molecule has 0 saturated heterocycles.